The van der Waals surface area contributed by atoms with Crippen molar-refractivity contribution in [2.75, 3.05) is 10.2 Å². The summed E-state index contributed by atoms with van der Waals surface area (Å²) in [7, 11) is 0. The molecule has 0 unspecified atom stereocenters. The molecule has 3 aromatic carbocycles. The van der Waals surface area contributed by atoms with Crippen molar-refractivity contribution in [1.82, 2.24) is 0 Å². The Bertz CT molecular complexity index is 1090. The third-order valence-corrected chi connectivity index (χ3v) is 4.86. The van der Waals surface area contributed by atoms with Crippen LogP contribution in [0.25, 0.3) is 0 Å². The van der Waals surface area contributed by atoms with E-state index in [1.54, 1.807) is 47.4 Å². The van der Waals surface area contributed by atoms with Crippen LogP contribution in [0.4, 0.5) is 11.4 Å². The van der Waals surface area contributed by atoms with E-state index in [1.807, 2.05) is 45.0 Å². The number of anilines is 2. The first-order valence-electron chi connectivity index (χ1n) is 9.56. The Kier molecular flexibility index (Phi) is 4.80. The van der Waals surface area contributed by atoms with Crippen LogP contribution in [-0.4, -0.2) is 17.9 Å². The number of para-hydroxylation sites is 1. The van der Waals surface area contributed by atoms with Crippen LogP contribution in [0.5, 0.6) is 11.5 Å². The molecule has 0 spiro atoms. The van der Waals surface area contributed by atoms with Crippen LogP contribution in [0.15, 0.2) is 66.7 Å². The number of amides is 2. The first-order valence-corrected chi connectivity index (χ1v) is 9.56. The highest BCUT2D eigenvalue weighted by Crippen LogP contribution is 2.41. The third-order valence-electron chi connectivity index (χ3n) is 4.86. The van der Waals surface area contributed by atoms with Crippen LogP contribution in [0.3, 0.4) is 0 Å². The Morgan fingerprint density at radius 2 is 1.69 bits per heavy atom. The standard InChI is InChI=1S/C24H22N2O3/c1-15(2)26-20-14-18(25-23(27)17-10-8-16(3)9-11-17)12-13-22(20)29-21-7-5-4-6-19(21)24(26)28/h4-15H,1-3H3,(H,25,27). The number of hydrogen-bond acceptors (Lipinski definition) is 3. The normalized spacial score (nSPS) is 12.7. The van der Waals surface area contributed by atoms with Crippen molar-refractivity contribution in [3.05, 3.63) is 83.4 Å². The average molecular weight is 386 g/mol. The van der Waals surface area contributed by atoms with Crippen molar-refractivity contribution < 1.29 is 14.3 Å². The number of carbonyl (C=O) groups is 2. The fraction of sp³-hybridized carbons (Fsp3) is 0.167. The Morgan fingerprint density at radius 1 is 0.966 bits per heavy atom. The van der Waals surface area contributed by atoms with E-state index in [2.05, 4.69) is 5.32 Å². The third kappa shape index (κ3) is 3.59. The quantitative estimate of drug-likeness (QED) is 0.655. The molecule has 4 rings (SSSR count). The number of ether oxygens (including phenoxy) is 1. The largest absolute Gasteiger partial charge is 0.454 e. The van der Waals surface area contributed by atoms with Gasteiger partial charge >= 0.3 is 0 Å². The average Bonchev–Trinajstić information content (AvgIpc) is 2.82. The van der Waals surface area contributed by atoms with E-state index >= 15 is 0 Å². The van der Waals surface area contributed by atoms with Crippen LogP contribution in [0.2, 0.25) is 0 Å². The summed E-state index contributed by atoms with van der Waals surface area (Å²) in [5, 5.41) is 2.91. The highest BCUT2D eigenvalue weighted by Gasteiger charge is 2.30. The summed E-state index contributed by atoms with van der Waals surface area (Å²) in [5.74, 6) is 0.769. The molecule has 0 atom stereocenters. The number of nitrogens with one attached hydrogen (secondary N) is 1. The molecule has 0 fully saturated rings. The van der Waals surface area contributed by atoms with Crippen LogP contribution in [0.1, 0.15) is 40.1 Å². The van der Waals surface area contributed by atoms with E-state index in [0.717, 1.165) is 5.56 Å². The molecule has 3 aromatic rings. The van der Waals surface area contributed by atoms with Crippen LogP contribution < -0.4 is 15.0 Å². The maximum absolute atomic E-state index is 13.2. The van der Waals surface area contributed by atoms with E-state index in [0.29, 0.717) is 34.0 Å². The predicted molar refractivity (Wildman–Crippen MR) is 114 cm³/mol. The first-order chi connectivity index (χ1) is 13.9. The molecule has 1 heterocycles. The molecule has 29 heavy (non-hydrogen) atoms. The van der Waals surface area contributed by atoms with Gasteiger partial charge in [0.2, 0.25) is 0 Å². The van der Waals surface area contributed by atoms with E-state index in [4.69, 9.17) is 4.74 Å². The smallest absolute Gasteiger partial charge is 0.262 e. The molecule has 1 aliphatic rings. The van der Waals surface area contributed by atoms with Gasteiger partial charge in [-0.25, -0.2) is 0 Å². The second kappa shape index (κ2) is 7.43. The number of fused-ring (bicyclic) bond motifs is 2. The van der Waals surface area contributed by atoms with Crippen LogP contribution in [0, 0.1) is 6.92 Å². The molecule has 1 aliphatic heterocycles. The highest BCUT2D eigenvalue weighted by molar-refractivity contribution is 6.11. The van der Waals surface area contributed by atoms with Crippen LogP contribution >= 0.6 is 0 Å². The number of hydrogen-bond donors (Lipinski definition) is 1. The molecular weight excluding hydrogens is 364 g/mol. The minimum Gasteiger partial charge on any atom is -0.454 e. The second-order valence-corrected chi connectivity index (χ2v) is 7.37. The minimum atomic E-state index is -0.204. The Balaban J connectivity index is 1.71. The lowest BCUT2D eigenvalue weighted by Crippen LogP contribution is -2.36. The van der Waals surface area contributed by atoms with Crippen LogP contribution in [-0.2, 0) is 0 Å². The SMILES string of the molecule is Cc1ccc(C(=O)Nc2ccc3c(c2)N(C(C)C)C(=O)c2ccccc2O3)cc1. The molecule has 0 aliphatic carbocycles. The zero-order valence-corrected chi connectivity index (χ0v) is 16.6. The molecule has 0 bridgehead atoms. The summed E-state index contributed by atoms with van der Waals surface area (Å²) in [4.78, 5) is 27.5. The van der Waals surface area contributed by atoms with Gasteiger partial charge in [-0.15, -0.1) is 0 Å². The number of aryl methyl sites for hydroxylation is 1. The van der Waals surface area contributed by atoms with Gasteiger partial charge in [-0.1, -0.05) is 29.8 Å². The maximum atomic E-state index is 13.2. The molecular formula is C24H22N2O3. The molecule has 2 amide bonds. The van der Waals surface area contributed by atoms with Gasteiger partial charge in [0.15, 0.2) is 5.75 Å². The lowest BCUT2D eigenvalue weighted by Gasteiger charge is -2.26. The monoisotopic (exact) mass is 386 g/mol. The summed E-state index contributed by atoms with van der Waals surface area (Å²) in [6, 6.07) is 19.8. The summed E-state index contributed by atoms with van der Waals surface area (Å²) < 4.78 is 6.04. The Labute approximate surface area is 169 Å². The van der Waals surface area contributed by atoms with Gasteiger partial charge in [0.05, 0.1) is 11.3 Å². The van der Waals surface area contributed by atoms with Crippen molar-refractivity contribution >= 4 is 23.2 Å². The van der Waals surface area contributed by atoms with Gasteiger partial charge in [0.1, 0.15) is 5.75 Å². The molecule has 0 saturated carbocycles. The molecule has 5 nitrogen and oxygen atoms in total. The van der Waals surface area contributed by atoms with Gasteiger partial charge in [-0.05, 0) is 63.2 Å². The summed E-state index contributed by atoms with van der Waals surface area (Å²) in [6.07, 6.45) is 0. The second-order valence-electron chi connectivity index (χ2n) is 7.37. The lowest BCUT2D eigenvalue weighted by atomic mass is 10.1. The maximum Gasteiger partial charge on any atom is 0.262 e. The van der Waals surface area contributed by atoms with Gasteiger partial charge in [-0.3, -0.25) is 9.59 Å². The molecule has 1 N–H and O–H groups in total. The summed E-state index contributed by atoms with van der Waals surface area (Å²) >= 11 is 0. The summed E-state index contributed by atoms with van der Waals surface area (Å²) in [5.41, 5.74) is 3.41. The van der Waals surface area contributed by atoms with E-state index in [9.17, 15) is 9.59 Å². The number of carbonyl (C=O) groups excluding carboxylic acids is 2. The zero-order valence-electron chi connectivity index (χ0n) is 16.6. The lowest BCUT2D eigenvalue weighted by molar-refractivity contribution is 0.0979. The molecule has 5 heteroatoms. The number of nitrogens with zero attached hydrogens (tertiary/aromatic N) is 1. The van der Waals surface area contributed by atoms with Gasteiger partial charge in [0, 0.05) is 17.3 Å². The zero-order chi connectivity index (χ0) is 20.5. The fourth-order valence-corrected chi connectivity index (χ4v) is 3.38. The van der Waals surface area contributed by atoms with Crippen molar-refractivity contribution in [2.45, 2.75) is 26.8 Å². The van der Waals surface area contributed by atoms with Crippen molar-refractivity contribution in [3.63, 3.8) is 0 Å². The fourth-order valence-electron chi connectivity index (χ4n) is 3.38. The minimum absolute atomic E-state index is 0.0842. The van der Waals surface area contributed by atoms with Gasteiger partial charge < -0.3 is 15.0 Å². The van der Waals surface area contributed by atoms with Crippen molar-refractivity contribution in [3.8, 4) is 11.5 Å². The van der Waals surface area contributed by atoms with Crippen molar-refractivity contribution in [2.24, 2.45) is 0 Å². The number of rotatable bonds is 3. The highest BCUT2D eigenvalue weighted by atomic mass is 16.5. The topological polar surface area (TPSA) is 58.6 Å². The van der Waals surface area contributed by atoms with E-state index in [-0.39, 0.29) is 17.9 Å². The number of benzene rings is 3. The van der Waals surface area contributed by atoms with Crippen molar-refractivity contribution in [1.29, 1.82) is 0 Å². The molecule has 0 aromatic heterocycles. The first kappa shape index (κ1) is 18.7. The van der Waals surface area contributed by atoms with Gasteiger partial charge in [-0.2, -0.15) is 0 Å². The summed E-state index contributed by atoms with van der Waals surface area (Å²) in [6.45, 7) is 5.88. The van der Waals surface area contributed by atoms with E-state index < -0.39 is 0 Å². The Morgan fingerprint density at radius 3 is 2.41 bits per heavy atom. The molecule has 0 saturated heterocycles. The van der Waals surface area contributed by atoms with Gasteiger partial charge in [0.25, 0.3) is 11.8 Å². The Hall–Kier alpha value is -3.60. The molecule has 146 valence electrons. The predicted octanol–water partition coefficient (Wildman–Crippen LogP) is 5.41. The van der Waals surface area contributed by atoms with E-state index in [1.165, 1.54) is 0 Å². The molecule has 0 radical (unpaired) electrons.